The quantitative estimate of drug-likeness (QED) is 0.400. The van der Waals surface area contributed by atoms with Gasteiger partial charge in [-0.25, -0.2) is 4.39 Å². The van der Waals surface area contributed by atoms with Crippen LogP contribution in [0.1, 0.15) is 19.8 Å². The Morgan fingerprint density at radius 1 is 1.69 bits per heavy atom. The van der Waals surface area contributed by atoms with Gasteiger partial charge in [0.05, 0.1) is 5.76 Å². The molecule has 0 fully saturated rings. The normalized spacial score (nSPS) is 12.4. The lowest BCUT2D eigenvalue weighted by molar-refractivity contribution is 0.392. The van der Waals surface area contributed by atoms with Crippen molar-refractivity contribution in [2.45, 2.75) is 19.8 Å². The zero-order chi connectivity index (χ0) is 10.3. The smallest absolute Gasteiger partial charge is 0.122 e. The molecule has 13 heavy (non-hydrogen) atoms. The highest BCUT2D eigenvalue weighted by molar-refractivity contribution is 5.29. The van der Waals surface area contributed by atoms with Crippen molar-refractivity contribution in [1.29, 1.82) is 0 Å². The topological polar surface area (TPSA) is 20.2 Å². The Morgan fingerprint density at radius 3 is 2.77 bits per heavy atom. The number of halogens is 1. The summed E-state index contributed by atoms with van der Waals surface area (Å²) >= 11 is 0. The van der Waals surface area contributed by atoms with Gasteiger partial charge in [0.1, 0.15) is 5.83 Å². The van der Waals surface area contributed by atoms with Crippen molar-refractivity contribution in [3.05, 3.63) is 35.9 Å². The molecule has 0 aliphatic rings. The first kappa shape index (κ1) is 11.5. The van der Waals surface area contributed by atoms with E-state index >= 15 is 0 Å². The summed E-state index contributed by atoms with van der Waals surface area (Å²) in [7, 11) is 0. The molecule has 0 unspecified atom stereocenters. The third-order valence-corrected chi connectivity index (χ3v) is 1.43. The van der Waals surface area contributed by atoms with Gasteiger partial charge >= 0.3 is 0 Å². The zero-order valence-corrected chi connectivity index (χ0v) is 7.68. The van der Waals surface area contributed by atoms with Gasteiger partial charge in [0.15, 0.2) is 0 Å². The van der Waals surface area contributed by atoms with Crippen LogP contribution >= 0.6 is 0 Å². The van der Waals surface area contributed by atoms with Crippen molar-refractivity contribution >= 4 is 0 Å². The molecular formula is C11H13FO. The summed E-state index contributed by atoms with van der Waals surface area (Å²) in [5, 5.41) is 8.71. The second-order valence-corrected chi connectivity index (χ2v) is 2.65. The molecule has 0 spiro atoms. The van der Waals surface area contributed by atoms with Crippen molar-refractivity contribution in [2.75, 3.05) is 0 Å². The Bertz CT molecular complexity index is 279. The first-order valence-electron chi connectivity index (χ1n) is 3.93. The number of aliphatic hydroxyl groups excluding tert-OH is 1. The van der Waals surface area contributed by atoms with Crippen LogP contribution in [0.5, 0.6) is 0 Å². The molecule has 0 atom stereocenters. The van der Waals surface area contributed by atoms with E-state index in [0.29, 0.717) is 18.4 Å². The molecule has 0 bridgehead atoms. The Labute approximate surface area is 78.3 Å². The van der Waals surface area contributed by atoms with E-state index in [1.807, 2.05) is 0 Å². The Balaban J connectivity index is 4.11. The molecule has 0 aromatic carbocycles. The summed E-state index contributed by atoms with van der Waals surface area (Å²) in [6, 6.07) is 0. The van der Waals surface area contributed by atoms with Gasteiger partial charge in [-0.2, -0.15) is 0 Å². The summed E-state index contributed by atoms with van der Waals surface area (Å²) in [5.74, 6) is 1.95. The van der Waals surface area contributed by atoms with Gasteiger partial charge in [0, 0.05) is 6.42 Å². The lowest BCUT2D eigenvalue weighted by atomic mass is 10.2. The van der Waals surface area contributed by atoms with Crippen LogP contribution in [0.3, 0.4) is 0 Å². The first-order valence-corrected chi connectivity index (χ1v) is 3.93. The van der Waals surface area contributed by atoms with Crippen molar-refractivity contribution in [1.82, 2.24) is 0 Å². The van der Waals surface area contributed by atoms with E-state index in [-0.39, 0.29) is 11.6 Å². The summed E-state index contributed by atoms with van der Waals surface area (Å²) in [5.41, 5.74) is 0.422. The largest absolute Gasteiger partial charge is 0.513 e. The highest BCUT2D eigenvalue weighted by Crippen LogP contribution is 2.12. The minimum Gasteiger partial charge on any atom is -0.513 e. The summed E-state index contributed by atoms with van der Waals surface area (Å²) < 4.78 is 13.0. The fourth-order valence-electron chi connectivity index (χ4n) is 0.720. The van der Waals surface area contributed by atoms with Crippen molar-refractivity contribution < 1.29 is 9.50 Å². The van der Waals surface area contributed by atoms with E-state index in [1.165, 1.54) is 12.2 Å². The van der Waals surface area contributed by atoms with Crippen LogP contribution in [0.25, 0.3) is 0 Å². The highest BCUT2D eigenvalue weighted by Gasteiger charge is 1.96. The van der Waals surface area contributed by atoms with E-state index < -0.39 is 0 Å². The fourth-order valence-corrected chi connectivity index (χ4v) is 0.720. The van der Waals surface area contributed by atoms with E-state index in [9.17, 15) is 4.39 Å². The maximum absolute atomic E-state index is 13.0. The average molecular weight is 180 g/mol. The summed E-state index contributed by atoms with van der Waals surface area (Å²) in [4.78, 5) is 0. The van der Waals surface area contributed by atoms with Crippen molar-refractivity contribution in [3.63, 3.8) is 0 Å². The molecular weight excluding hydrogens is 167 g/mol. The molecule has 0 aliphatic heterocycles. The molecule has 1 nitrogen and oxygen atoms in total. The number of rotatable bonds is 4. The van der Waals surface area contributed by atoms with E-state index in [4.69, 9.17) is 11.5 Å². The van der Waals surface area contributed by atoms with Gasteiger partial charge in [0.2, 0.25) is 0 Å². The molecule has 0 rings (SSSR count). The molecule has 1 N–H and O–H groups in total. The van der Waals surface area contributed by atoms with Gasteiger partial charge in [-0.1, -0.05) is 12.5 Å². The number of hydrogen-bond donors (Lipinski definition) is 1. The second-order valence-electron chi connectivity index (χ2n) is 2.65. The Hall–Kier alpha value is -1.49. The molecule has 0 aliphatic carbocycles. The van der Waals surface area contributed by atoms with Crippen LogP contribution in [0.15, 0.2) is 35.9 Å². The third-order valence-electron chi connectivity index (χ3n) is 1.43. The number of terminal acetylenes is 1. The van der Waals surface area contributed by atoms with Crippen molar-refractivity contribution in [2.24, 2.45) is 0 Å². The first-order chi connectivity index (χ1) is 6.07. The summed E-state index contributed by atoms with van der Waals surface area (Å²) in [6.07, 6.45) is 8.51. The van der Waals surface area contributed by atoms with E-state index in [1.54, 1.807) is 6.92 Å². The lowest BCUT2D eigenvalue weighted by Gasteiger charge is -1.96. The van der Waals surface area contributed by atoms with E-state index in [2.05, 4.69) is 12.5 Å². The number of allylic oxidation sites excluding steroid dienone is 5. The molecule has 0 saturated carbocycles. The standard InChI is InChI=1S/C11H13FO/c1-4-6-9(2)11(12)8-5-7-10(3)13/h1,6,8,13H,3,5,7H2,2H3/b9-6-,11-8+. The predicted octanol–water partition coefficient (Wildman–Crippen LogP) is 3.27. The van der Waals surface area contributed by atoms with Crippen LogP contribution < -0.4 is 0 Å². The van der Waals surface area contributed by atoms with Gasteiger partial charge in [-0.15, -0.1) is 6.42 Å². The van der Waals surface area contributed by atoms with Gasteiger partial charge in [-0.3, -0.25) is 0 Å². The lowest BCUT2D eigenvalue weighted by Crippen LogP contribution is -1.80. The van der Waals surface area contributed by atoms with Gasteiger partial charge in [-0.05, 0) is 31.1 Å². The van der Waals surface area contributed by atoms with Crippen LogP contribution in [-0.4, -0.2) is 5.11 Å². The predicted molar refractivity (Wildman–Crippen MR) is 52.8 cm³/mol. The Kier molecular flexibility index (Phi) is 5.38. The molecule has 0 saturated heterocycles. The minimum absolute atomic E-state index is 0.0580. The number of hydrogen-bond acceptors (Lipinski definition) is 1. The molecule has 0 amide bonds. The molecule has 2 heteroatoms. The minimum atomic E-state index is -0.348. The molecule has 0 aromatic rings. The second kappa shape index (κ2) is 6.07. The fraction of sp³-hybridized carbons (Fsp3) is 0.273. The molecule has 70 valence electrons. The maximum atomic E-state index is 13.0. The average Bonchev–Trinajstić information content (AvgIpc) is 2.04. The molecule has 0 heterocycles. The monoisotopic (exact) mass is 180 g/mol. The van der Waals surface area contributed by atoms with Crippen LogP contribution in [0, 0.1) is 12.3 Å². The SMILES string of the molecule is C#C/C=C(C)\C(F)=C/CCC(=C)O. The summed E-state index contributed by atoms with van der Waals surface area (Å²) in [6.45, 7) is 4.89. The van der Waals surface area contributed by atoms with E-state index in [0.717, 1.165) is 0 Å². The molecule has 0 radical (unpaired) electrons. The van der Waals surface area contributed by atoms with Gasteiger partial charge in [0.25, 0.3) is 0 Å². The van der Waals surface area contributed by atoms with Gasteiger partial charge < -0.3 is 5.11 Å². The van der Waals surface area contributed by atoms with Crippen molar-refractivity contribution in [3.8, 4) is 12.3 Å². The zero-order valence-electron chi connectivity index (χ0n) is 7.68. The molecule has 0 aromatic heterocycles. The van der Waals surface area contributed by atoms with Crippen LogP contribution in [-0.2, 0) is 0 Å². The maximum Gasteiger partial charge on any atom is 0.122 e. The highest BCUT2D eigenvalue weighted by atomic mass is 19.1. The third kappa shape index (κ3) is 5.75. The van der Waals surface area contributed by atoms with Crippen LogP contribution in [0.4, 0.5) is 4.39 Å². The van der Waals surface area contributed by atoms with Crippen LogP contribution in [0.2, 0.25) is 0 Å². The number of aliphatic hydroxyl groups is 1. The Morgan fingerprint density at radius 2 is 2.31 bits per heavy atom.